The average Bonchev–Trinajstić information content (AvgIpc) is 3.70. The fourth-order valence-electron chi connectivity index (χ4n) is 4.29. The molecule has 6 rings (SSSR count). The Kier molecular flexibility index (Phi) is 8.68. The lowest BCUT2D eigenvalue weighted by molar-refractivity contribution is -0.148. The normalized spacial score (nSPS) is 17.7. The molecule has 4 heterocycles. The highest BCUT2D eigenvalue weighted by Gasteiger charge is 2.54. The Balaban J connectivity index is 1.16. The predicted octanol–water partition coefficient (Wildman–Crippen LogP) is 3.07. The van der Waals surface area contributed by atoms with Gasteiger partial charge in [0.05, 0.1) is 0 Å². The van der Waals surface area contributed by atoms with E-state index in [1.807, 2.05) is 0 Å². The molecule has 16 nitrogen and oxygen atoms in total. The molecule has 0 saturated carbocycles. The number of phenolic OH excluding ortho intramolecular Hbond substituents is 2. The number of thiazole rings is 1. The number of oxime groups is 1. The van der Waals surface area contributed by atoms with E-state index < -0.39 is 29.4 Å². The van der Waals surface area contributed by atoms with Crippen LogP contribution in [0.1, 0.15) is 5.69 Å². The molecule has 46 heavy (non-hydrogen) atoms. The summed E-state index contributed by atoms with van der Waals surface area (Å²) in [5.74, 6) is -1.35. The van der Waals surface area contributed by atoms with Crippen LogP contribution in [0.5, 0.6) is 17.2 Å². The van der Waals surface area contributed by atoms with Crippen LogP contribution in [0.2, 0.25) is 0 Å². The second kappa shape index (κ2) is 13.0. The third-order valence-corrected chi connectivity index (χ3v) is 9.35. The zero-order chi connectivity index (χ0) is 32.4. The number of thioether (sulfide) groups is 2. The van der Waals surface area contributed by atoms with Crippen molar-refractivity contribution in [3.63, 3.8) is 0 Å². The van der Waals surface area contributed by atoms with Crippen LogP contribution in [0.3, 0.4) is 0 Å². The monoisotopic (exact) mass is 683 g/mol. The van der Waals surface area contributed by atoms with Gasteiger partial charge >= 0.3 is 6.16 Å². The molecule has 1 saturated heterocycles. The molecule has 19 heteroatoms. The van der Waals surface area contributed by atoms with Crippen molar-refractivity contribution in [2.45, 2.75) is 16.6 Å². The fourth-order valence-corrected chi connectivity index (χ4v) is 7.05. The number of hydrogen-bond donors (Lipinski definition) is 5. The van der Waals surface area contributed by atoms with Gasteiger partial charge in [-0.1, -0.05) is 35.1 Å². The zero-order valence-corrected chi connectivity index (χ0v) is 25.5. The van der Waals surface area contributed by atoms with Crippen molar-refractivity contribution >= 4 is 63.7 Å². The van der Waals surface area contributed by atoms with E-state index in [9.17, 15) is 29.7 Å². The molecule has 1 fully saturated rings. The number of aromatic nitrogens is 3. The third kappa shape index (κ3) is 6.41. The quantitative estimate of drug-likeness (QED) is 0.0403. The van der Waals surface area contributed by atoms with E-state index >= 15 is 0 Å². The van der Waals surface area contributed by atoms with E-state index in [1.54, 1.807) is 30.3 Å². The second-order valence-electron chi connectivity index (χ2n) is 9.42. The molecular formula is C27H21N7O9S3. The number of nitrogen functional groups attached to an aromatic ring is 1. The van der Waals surface area contributed by atoms with Gasteiger partial charge in [-0.3, -0.25) is 14.5 Å². The number of anilines is 1. The number of carbonyl (C=O) groups is 3. The standard InChI is InChI=1S/C27H21N7O9S3/c28-25-29-15(11-45-25)18(33-43-14-4-2-1-3-5-14)20(37)30-19-22(38)34-23(42-27(39)40)13(9-44-24(19)34)10-46-26-32-31-21(41-26)12-6-7-16(35)17(36)8-12/h1-8,11,19,24,35-36H,9-10H2,(H2,28,29)(H,30,37)(H,39,40)/t19-,24+/m1/s1. The molecule has 4 aromatic rings. The molecule has 0 radical (unpaired) electrons. The molecule has 0 spiro atoms. The molecule has 2 aliphatic rings. The van der Waals surface area contributed by atoms with Crippen molar-refractivity contribution in [3.8, 4) is 28.7 Å². The summed E-state index contributed by atoms with van der Waals surface area (Å²) in [6.45, 7) is 0. The number of nitrogens with two attached hydrogens (primary N) is 1. The number of para-hydroxylation sites is 1. The number of amides is 2. The number of fused-ring (bicyclic) bond motifs is 1. The molecule has 2 aromatic heterocycles. The van der Waals surface area contributed by atoms with Crippen LogP contribution in [0.25, 0.3) is 11.5 Å². The molecule has 0 unspecified atom stereocenters. The van der Waals surface area contributed by atoms with Crippen LogP contribution < -0.4 is 15.9 Å². The first-order valence-electron chi connectivity index (χ1n) is 13.1. The van der Waals surface area contributed by atoms with E-state index in [2.05, 4.69) is 25.7 Å². The highest BCUT2D eigenvalue weighted by Crippen LogP contribution is 2.42. The first-order valence-corrected chi connectivity index (χ1v) is 16.0. The van der Waals surface area contributed by atoms with E-state index in [-0.39, 0.29) is 56.5 Å². The smallest absolute Gasteiger partial charge is 0.504 e. The highest BCUT2D eigenvalue weighted by atomic mass is 32.2. The Hall–Kier alpha value is -5.27. The molecule has 0 aliphatic carbocycles. The minimum Gasteiger partial charge on any atom is -0.504 e. The van der Waals surface area contributed by atoms with E-state index in [4.69, 9.17) is 19.7 Å². The molecule has 2 aliphatic heterocycles. The maximum absolute atomic E-state index is 13.4. The van der Waals surface area contributed by atoms with Gasteiger partial charge in [0.15, 0.2) is 28.1 Å². The average molecular weight is 684 g/mol. The van der Waals surface area contributed by atoms with Crippen LogP contribution >= 0.6 is 34.9 Å². The van der Waals surface area contributed by atoms with Gasteiger partial charge in [-0.05, 0) is 30.3 Å². The van der Waals surface area contributed by atoms with Gasteiger partial charge in [0, 0.05) is 28.0 Å². The molecule has 2 aromatic carbocycles. The zero-order valence-electron chi connectivity index (χ0n) is 23.1. The van der Waals surface area contributed by atoms with Gasteiger partial charge in [-0.25, -0.2) is 9.78 Å². The van der Waals surface area contributed by atoms with Crippen LogP contribution in [0, 0.1) is 0 Å². The second-order valence-corrected chi connectivity index (χ2v) is 12.3. The Bertz CT molecular complexity index is 1880. The van der Waals surface area contributed by atoms with Gasteiger partial charge < -0.3 is 40.4 Å². The number of aromatic hydroxyl groups is 2. The van der Waals surface area contributed by atoms with Crippen molar-refractivity contribution in [1.82, 2.24) is 25.4 Å². The van der Waals surface area contributed by atoms with Crippen molar-refractivity contribution in [3.05, 3.63) is 71.1 Å². The fraction of sp³-hybridized carbons (Fsp3) is 0.148. The summed E-state index contributed by atoms with van der Waals surface area (Å²) >= 11 is 3.47. The molecule has 2 atom stereocenters. The molecular weight excluding hydrogens is 663 g/mol. The largest absolute Gasteiger partial charge is 0.512 e. The molecule has 6 N–H and O–H groups in total. The predicted molar refractivity (Wildman–Crippen MR) is 165 cm³/mol. The molecule has 0 bridgehead atoms. The Labute approximate surface area is 270 Å². The summed E-state index contributed by atoms with van der Waals surface area (Å²) in [6, 6.07) is 11.5. The molecule has 2 amide bonds. The van der Waals surface area contributed by atoms with E-state index in [1.165, 1.54) is 40.2 Å². The summed E-state index contributed by atoms with van der Waals surface area (Å²) in [5, 5.41) is 44.4. The Morgan fingerprint density at radius 1 is 1.17 bits per heavy atom. The van der Waals surface area contributed by atoms with Crippen molar-refractivity contribution < 1.29 is 43.7 Å². The number of ether oxygens (including phenoxy) is 1. The lowest BCUT2D eigenvalue weighted by Gasteiger charge is -2.49. The first-order chi connectivity index (χ1) is 22.2. The molecule has 236 valence electrons. The van der Waals surface area contributed by atoms with Crippen LogP contribution in [0.4, 0.5) is 9.93 Å². The number of carbonyl (C=O) groups excluding carboxylic acids is 2. The summed E-state index contributed by atoms with van der Waals surface area (Å²) in [7, 11) is 0. The maximum atomic E-state index is 13.4. The van der Waals surface area contributed by atoms with Gasteiger partial charge in [0.2, 0.25) is 11.8 Å². The van der Waals surface area contributed by atoms with Crippen LogP contribution in [0.15, 0.2) is 80.2 Å². The maximum Gasteiger partial charge on any atom is 0.512 e. The van der Waals surface area contributed by atoms with Gasteiger partial charge in [-0.2, -0.15) is 0 Å². The lowest BCUT2D eigenvalue weighted by atomic mass is 10.1. The third-order valence-electron chi connectivity index (χ3n) is 6.43. The summed E-state index contributed by atoms with van der Waals surface area (Å²) in [4.78, 5) is 48.9. The van der Waals surface area contributed by atoms with Gasteiger partial charge in [-0.15, -0.1) is 33.3 Å². The van der Waals surface area contributed by atoms with Crippen LogP contribution in [-0.4, -0.2) is 82.0 Å². The van der Waals surface area contributed by atoms with E-state index in [0.717, 1.165) is 23.1 Å². The van der Waals surface area contributed by atoms with Crippen molar-refractivity contribution in [2.24, 2.45) is 5.16 Å². The number of nitrogens with one attached hydrogen (secondary N) is 1. The first kappa shape index (κ1) is 30.7. The number of β-lactam (4-membered cyclic amide) rings is 1. The topological polar surface area (TPSA) is 236 Å². The SMILES string of the molecule is Nc1nc(C(=NOc2ccccc2)C(=O)N[C@@H]2C(=O)N3C(OC(=O)O)=C(CSc4nnc(-c5ccc(O)c(O)c5)o4)CS[C@@H]23)cs1. The minimum absolute atomic E-state index is 0.0841. The van der Waals surface area contributed by atoms with Gasteiger partial charge in [0.1, 0.15) is 17.1 Å². The number of benzene rings is 2. The summed E-state index contributed by atoms with van der Waals surface area (Å²) < 4.78 is 10.7. The number of rotatable bonds is 10. The number of hydrogen-bond acceptors (Lipinski definition) is 16. The summed E-state index contributed by atoms with van der Waals surface area (Å²) in [5.41, 5.74) is 6.53. The summed E-state index contributed by atoms with van der Waals surface area (Å²) in [6.07, 6.45) is -1.62. The lowest BCUT2D eigenvalue weighted by Crippen LogP contribution is -2.70. The van der Waals surface area contributed by atoms with Crippen molar-refractivity contribution in [1.29, 1.82) is 0 Å². The number of carboxylic acid groups (broad SMARTS) is 1. The Morgan fingerprint density at radius 3 is 2.70 bits per heavy atom. The van der Waals surface area contributed by atoms with Crippen molar-refractivity contribution in [2.75, 3.05) is 17.2 Å². The van der Waals surface area contributed by atoms with E-state index in [0.29, 0.717) is 16.9 Å². The van der Waals surface area contributed by atoms with Crippen LogP contribution in [-0.2, 0) is 14.3 Å². The number of nitrogens with zero attached hydrogens (tertiary/aromatic N) is 5. The highest BCUT2D eigenvalue weighted by molar-refractivity contribution is 8.01. The number of phenols is 2. The van der Waals surface area contributed by atoms with Gasteiger partial charge in [0.25, 0.3) is 17.0 Å². The Morgan fingerprint density at radius 2 is 1.98 bits per heavy atom. The minimum atomic E-state index is -1.62.